The SMILES string of the molecule is COc1cc(NS(=O)(=O)c2ccc(NC(C)=O)cc2)ccc1-c1ccc(C(=O)O)o1. The van der Waals surface area contributed by atoms with Gasteiger partial charge in [0, 0.05) is 18.7 Å². The zero-order valence-corrected chi connectivity index (χ0v) is 16.8. The van der Waals surface area contributed by atoms with Crippen LogP contribution in [0.15, 0.2) is 63.9 Å². The zero-order chi connectivity index (χ0) is 21.9. The van der Waals surface area contributed by atoms with Gasteiger partial charge < -0.3 is 19.6 Å². The van der Waals surface area contributed by atoms with E-state index < -0.39 is 16.0 Å². The van der Waals surface area contributed by atoms with E-state index in [1.165, 1.54) is 62.6 Å². The molecular formula is C20H18N2O7S. The van der Waals surface area contributed by atoms with Crippen molar-refractivity contribution in [3.05, 3.63) is 60.4 Å². The largest absolute Gasteiger partial charge is 0.496 e. The standard InChI is InChI=1S/C20H18N2O7S/c1-12(23)21-13-3-6-15(7-4-13)30(26,27)22-14-5-8-16(19(11-14)28-2)17-9-10-18(29-17)20(24)25/h3-11,22H,1-2H3,(H,21,23)(H,24,25). The van der Waals surface area contributed by atoms with Crippen LogP contribution in [0.3, 0.4) is 0 Å². The number of ether oxygens (including phenoxy) is 1. The third-order valence-electron chi connectivity index (χ3n) is 4.02. The first-order valence-corrected chi connectivity index (χ1v) is 10.1. The van der Waals surface area contributed by atoms with Crippen molar-refractivity contribution >= 4 is 33.3 Å². The molecule has 0 radical (unpaired) electrons. The molecule has 0 aliphatic carbocycles. The number of carboxylic acids is 1. The molecule has 1 amide bonds. The van der Waals surface area contributed by atoms with Gasteiger partial charge >= 0.3 is 5.97 Å². The predicted molar refractivity (Wildman–Crippen MR) is 109 cm³/mol. The lowest BCUT2D eigenvalue weighted by atomic mass is 10.1. The highest BCUT2D eigenvalue weighted by molar-refractivity contribution is 7.92. The number of sulfonamides is 1. The second-order valence-electron chi connectivity index (χ2n) is 6.20. The van der Waals surface area contributed by atoms with Gasteiger partial charge in [0.1, 0.15) is 11.5 Å². The van der Waals surface area contributed by atoms with Crippen molar-refractivity contribution < 1.29 is 32.3 Å². The molecule has 3 N–H and O–H groups in total. The molecule has 3 rings (SSSR count). The van der Waals surface area contributed by atoms with E-state index in [4.69, 9.17) is 14.3 Å². The highest BCUT2D eigenvalue weighted by atomic mass is 32.2. The molecule has 0 bridgehead atoms. The van der Waals surface area contributed by atoms with Gasteiger partial charge in [0.05, 0.1) is 23.3 Å². The molecule has 0 atom stereocenters. The fourth-order valence-corrected chi connectivity index (χ4v) is 3.74. The number of furan rings is 1. The van der Waals surface area contributed by atoms with Crippen molar-refractivity contribution in [3.8, 4) is 17.1 Å². The average Bonchev–Trinajstić information content (AvgIpc) is 3.18. The molecule has 0 spiro atoms. The summed E-state index contributed by atoms with van der Waals surface area (Å²) in [5.41, 5.74) is 1.19. The Kier molecular flexibility index (Phi) is 5.79. The maximum atomic E-state index is 12.6. The number of carbonyl (C=O) groups is 2. The van der Waals surface area contributed by atoms with E-state index in [0.717, 1.165) is 0 Å². The van der Waals surface area contributed by atoms with Crippen LogP contribution in [0.2, 0.25) is 0 Å². The smallest absolute Gasteiger partial charge is 0.371 e. The number of hydrogen-bond donors (Lipinski definition) is 3. The highest BCUT2D eigenvalue weighted by Gasteiger charge is 2.18. The number of methoxy groups -OCH3 is 1. The van der Waals surface area contributed by atoms with Gasteiger partial charge in [-0.05, 0) is 48.5 Å². The number of amides is 1. The number of hydrogen-bond acceptors (Lipinski definition) is 6. The van der Waals surface area contributed by atoms with Crippen LogP contribution in [-0.4, -0.2) is 32.5 Å². The molecule has 1 heterocycles. The molecule has 30 heavy (non-hydrogen) atoms. The molecule has 156 valence electrons. The number of nitrogens with one attached hydrogen (secondary N) is 2. The summed E-state index contributed by atoms with van der Waals surface area (Å²) in [6.45, 7) is 1.36. The molecule has 0 saturated heterocycles. The minimum Gasteiger partial charge on any atom is -0.496 e. The van der Waals surface area contributed by atoms with Crippen molar-refractivity contribution in [2.75, 3.05) is 17.1 Å². The van der Waals surface area contributed by atoms with Crippen LogP contribution in [0.1, 0.15) is 17.5 Å². The molecule has 0 saturated carbocycles. The van der Waals surface area contributed by atoms with Gasteiger partial charge in [-0.25, -0.2) is 13.2 Å². The molecule has 3 aromatic rings. The Balaban J connectivity index is 1.85. The lowest BCUT2D eigenvalue weighted by Crippen LogP contribution is -2.13. The van der Waals surface area contributed by atoms with Gasteiger partial charge in [0.2, 0.25) is 11.7 Å². The maximum Gasteiger partial charge on any atom is 0.371 e. The molecule has 10 heteroatoms. The van der Waals surface area contributed by atoms with E-state index in [0.29, 0.717) is 17.0 Å². The Labute approximate surface area is 172 Å². The summed E-state index contributed by atoms with van der Waals surface area (Å²) in [4.78, 5) is 22.1. The molecule has 1 aromatic heterocycles. The quantitative estimate of drug-likeness (QED) is 0.523. The molecule has 2 aromatic carbocycles. The molecule has 9 nitrogen and oxygen atoms in total. The van der Waals surface area contributed by atoms with E-state index in [1.807, 2.05) is 0 Å². The first kappa shape index (κ1) is 20.9. The van der Waals surface area contributed by atoms with Gasteiger partial charge in [-0.1, -0.05) is 0 Å². The summed E-state index contributed by atoms with van der Waals surface area (Å²) < 4.78 is 38.3. The maximum absolute atomic E-state index is 12.6. The van der Waals surface area contributed by atoms with Gasteiger partial charge in [0.15, 0.2) is 0 Å². The number of rotatable bonds is 7. The fourth-order valence-electron chi connectivity index (χ4n) is 2.69. The summed E-state index contributed by atoms with van der Waals surface area (Å²) in [5.74, 6) is -1.12. The minimum atomic E-state index is -3.89. The number of aromatic carboxylic acids is 1. The van der Waals surface area contributed by atoms with E-state index in [2.05, 4.69) is 10.0 Å². The first-order valence-electron chi connectivity index (χ1n) is 8.61. The van der Waals surface area contributed by atoms with Crippen LogP contribution in [0.25, 0.3) is 11.3 Å². The van der Waals surface area contributed by atoms with E-state index in [-0.39, 0.29) is 28.0 Å². The Morgan fingerprint density at radius 2 is 1.67 bits per heavy atom. The fraction of sp³-hybridized carbons (Fsp3) is 0.100. The Morgan fingerprint density at radius 3 is 2.23 bits per heavy atom. The lowest BCUT2D eigenvalue weighted by Gasteiger charge is -2.12. The van der Waals surface area contributed by atoms with Gasteiger partial charge in [0.25, 0.3) is 10.0 Å². The van der Waals surface area contributed by atoms with Gasteiger partial charge in [-0.3, -0.25) is 9.52 Å². The van der Waals surface area contributed by atoms with Crippen molar-refractivity contribution in [1.82, 2.24) is 0 Å². The Hall–Kier alpha value is -3.79. The van der Waals surface area contributed by atoms with Crippen LogP contribution < -0.4 is 14.8 Å². The number of benzene rings is 2. The van der Waals surface area contributed by atoms with Gasteiger partial charge in [-0.15, -0.1) is 0 Å². The number of carbonyl (C=O) groups excluding carboxylic acids is 1. The molecule has 0 unspecified atom stereocenters. The van der Waals surface area contributed by atoms with E-state index in [9.17, 15) is 18.0 Å². The second-order valence-corrected chi connectivity index (χ2v) is 7.88. The minimum absolute atomic E-state index is 0.0109. The lowest BCUT2D eigenvalue weighted by molar-refractivity contribution is -0.114. The molecule has 0 aliphatic heterocycles. The zero-order valence-electron chi connectivity index (χ0n) is 16.0. The van der Waals surface area contributed by atoms with Gasteiger partial charge in [-0.2, -0.15) is 0 Å². The average molecular weight is 430 g/mol. The molecule has 0 fully saturated rings. The van der Waals surface area contributed by atoms with Crippen LogP contribution in [-0.2, 0) is 14.8 Å². The van der Waals surface area contributed by atoms with Crippen LogP contribution in [0.4, 0.5) is 11.4 Å². The second kappa shape index (κ2) is 8.29. The Morgan fingerprint density at radius 1 is 1.00 bits per heavy atom. The first-order chi connectivity index (χ1) is 14.2. The summed E-state index contributed by atoms with van der Waals surface area (Å²) in [7, 11) is -2.49. The molecule has 0 aliphatic rings. The number of anilines is 2. The summed E-state index contributed by atoms with van der Waals surface area (Å²) >= 11 is 0. The van der Waals surface area contributed by atoms with Crippen molar-refractivity contribution in [2.24, 2.45) is 0 Å². The van der Waals surface area contributed by atoms with Crippen LogP contribution in [0, 0.1) is 0 Å². The monoisotopic (exact) mass is 430 g/mol. The summed E-state index contributed by atoms with van der Waals surface area (Å²) in [6, 6.07) is 13.0. The molecular weight excluding hydrogens is 412 g/mol. The number of carboxylic acid groups (broad SMARTS) is 1. The van der Waals surface area contributed by atoms with Crippen molar-refractivity contribution in [2.45, 2.75) is 11.8 Å². The van der Waals surface area contributed by atoms with Crippen molar-refractivity contribution in [1.29, 1.82) is 0 Å². The third-order valence-corrected chi connectivity index (χ3v) is 5.42. The van der Waals surface area contributed by atoms with Crippen LogP contribution >= 0.6 is 0 Å². The van der Waals surface area contributed by atoms with Crippen molar-refractivity contribution in [3.63, 3.8) is 0 Å². The summed E-state index contributed by atoms with van der Waals surface area (Å²) in [5, 5.41) is 11.6. The summed E-state index contributed by atoms with van der Waals surface area (Å²) in [6.07, 6.45) is 0. The Bertz CT molecular complexity index is 1200. The van der Waals surface area contributed by atoms with E-state index >= 15 is 0 Å². The normalized spacial score (nSPS) is 11.0. The van der Waals surface area contributed by atoms with Crippen LogP contribution in [0.5, 0.6) is 5.75 Å². The van der Waals surface area contributed by atoms with E-state index in [1.54, 1.807) is 6.07 Å². The third kappa shape index (κ3) is 4.61. The highest BCUT2D eigenvalue weighted by Crippen LogP contribution is 2.34. The predicted octanol–water partition coefficient (Wildman–Crippen LogP) is 3.41. The topological polar surface area (TPSA) is 135 Å².